The van der Waals surface area contributed by atoms with Gasteiger partial charge in [0.2, 0.25) is 0 Å². The summed E-state index contributed by atoms with van der Waals surface area (Å²) in [5.41, 5.74) is -3.75. The van der Waals surface area contributed by atoms with E-state index in [1.165, 1.54) is 6.92 Å². The van der Waals surface area contributed by atoms with Crippen LogP contribution in [0.15, 0.2) is 11.1 Å². The molecule has 0 spiro atoms. The van der Waals surface area contributed by atoms with Gasteiger partial charge < -0.3 is 25.5 Å². The number of aliphatic carboxylic acids is 1. The van der Waals surface area contributed by atoms with Gasteiger partial charge in [0, 0.05) is 30.8 Å². The summed E-state index contributed by atoms with van der Waals surface area (Å²) in [7, 11) is 0. The van der Waals surface area contributed by atoms with E-state index in [1.54, 1.807) is 6.92 Å². The third-order valence-electron chi connectivity index (χ3n) is 11.7. The highest BCUT2D eigenvalue weighted by Crippen LogP contribution is 2.71. The lowest BCUT2D eigenvalue weighted by Gasteiger charge is -2.62. The summed E-state index contributed by atoms with van der Waals surface area (Å²) in [6, 6.07) is 0. The Morgan fingerprint density at radius 1 is 1.13 bits per heavy atom. The Morgan fingerprint density at radius 2 is 1.74 bits per heavy atom. The SMILES string of the molecule is CC(C[C@@H](O)C[C@](C)(O)[C@H]1CC(=O)[C@@]2(C)C3=C(C(=O)C[C@]12C)[C@@]1(C)CC[C@H](O)C(C)(C)C1C[C@@H]3O)C(=O)O. The van der Waals surface area contributed by atoms with E-state index in [0.29, 0.717) is 30.4 Å². The van der Waals surface area contributed by atoms with E-state index in [0.717, 1.165) is 0 Å². The number of hydrogen-bond acceptors (Lipinski definition) is 7. The van der Waals surface area contributed by atoms with E-state index < -0.39 is 63.4 Å². The minimum Gasteiger partial charge on any atom is -0.481 e. The topological polar surface area (TPSA) is 152 Å². The van der Waals surface area contributed by atoms with Crippen LogP contribution in [0.2, 0.25) is 0 Å². The predicted octanol–water partition coefficient (Wildman–Crippen LogP) is 3.04. The molecule has 0 radical (unpaired) electrons. The first-order valence-corrected chi connectivity index (χ1v) is 14.1. The molecule has 4 aliphatic carbocycles. The van der Waals surface area contributed by atoms with Gasteiger partial charge in [0.05, 0.1) is 35.2 Å². The molecular weight excluding hydrogens is 488 g/mol. The lowest BCUT2D eigenvalue weighted by Crippen LogP contribution is -2.61. The fourth-order valence-electron chi connectivity index (χ4n) is 9.35. The predicted molar refractivity (Wildman–Crippen MR) is 140 cm³/mol. The molecule has 214 valence electrons. The van der Waals surface area contributed by atoms with Crippen LogP contribution in [0.4, 0.5) is 0 Å². The van der Waals surface area contributed by atoms with Crippen LogP contribution < -0.4 is 0 Å². The van der Waals surface area contributed by atoms with Crippen molar-refractivity contribution in [3.8, 4) is 0 Å². The Kier molecular flexibility index (Phi) is 6.92. The van der Waals surface area contributed by atoms with E-state index in [9.17, 15) is 39.9 Å². The number of rotatable bonds is 6. The summed E-state index contributed by atoms with van der Waals surface area (Å²) >= 11 is 0. The summed E-state index contributed by atoms with van der Waals surface area (Å²) in [4.78, 5) is 39.3. The van der Waals surface area contributed by atoms with Crippen LogP contribution in [0, 0.1) is 39.4 Å². The molecule has 8 heteroatoms. The maximum Gasteiger partial charge on any atom is 0.306 e. The zero-order valence-corrected chi connectivity index (χ0v) is 23.9. The summed E-state index contributed by atoms with van der Waals surface area (Å²) in [5, 5.41) is 54.0. The second-order valence-corrected chi connectivity index (χ2v) is 14.4. The van der Waals surface area contributed by atoms with Gasteiger partial charge >= 0.3 is 5.97 Å². The van der Waals surface area contributed by atoms with E-state index in [-0.39, 0.29) is 43.2 Å². The van der Waals surface area contributed by atoms with Gasteiger partial charge in [-0.3, -0.25) is 14.4 Å². The van der Waals surface area contributed by atoms with Gasteiger partial charge in [-0.2, -0.15) is 0 Å². The molecule has 5 N–H and O–H groups in total. The minimum atomic E-state index is -1.54. The maximum absolute atomic E-state index is 14.1. The molecule has 2 saturated carbocycles. The van der Waals surface area contributed by atoms with E-state index in [2.05, 4.69) is 0 Å². The first kappa shape index (κ1) is 29.4. The highest BCUT2D eigenvalue weighted by atomic mass is 16.4. The van der Waals surface area contributed by atoms with Crippen molar-refractivity contribution in [3.63, 3.8) is 0 Å². The molecule has 0 heterocycles. The van der Waals surface area contributed by atoms with Crippen molar-refractivity contribution in [2.75, 3.05) is 0 Å². The fraction of sp³-hybridized carbons (Fsp3) is 0.833. The van der Waals surface area contributed by atoms with Gasteiger partial charge in [-0.1, -0.05) is 34.6 Å². The molecule has 0 aromatic heterocycles. The van der Waals surface area contributed by atoms with Crippen molar-refractivity contribution in [1.29, 1.82) is 0 Å². The molecule has 0 bridgehead atoms. The normalized spacial score (nSPS) is 43.6. The molecule has 38 heavy (non-hydrogen) atoms. The first-order valence-electron chi connectivity index (χ1n) is 14.1. The molecule has 0 aliphatic heterocycles. The third kappa shape index (κ3) is 3.88. The standard InChI is InChI=1S/C30H46O8/c1-15(25(36)37)10-16(31)13-29(6,38)20-12-22(35)30(7)24-17(32)11-19-26(2,3)21(34)8-9-27(19,4)23(24)18(33)14-28(20,30)5/h15-17,19-21,31-32,34,38H,8-14H2,1-7H3,(H,36,37)/t15?,16-,17+,19?,20+,21+,27+,28-,29+,30+/m1/s1. The average molecular weight is 535 g/mol. The van der Waals surface area contributed by atoms with Crippen LogP contribution in [-0.2, 0) is 14.4 Å². The fourth-order valence-corrected chi connectivity index (χ4v) is 9.35. The molecule has 0 amide bonds. The largest absolute Gasteiger partial charge is 0.481 e. The third-order valence-corrected chi connectivity index (χ3v) is 11.7. The number of carboxylic acids is 1. The highest BCUT2D eigenvalue weighted by Gasteiger charge is 2.71. The molecule has 0 saturated heterocycles. The Labute approximate surface area is 225 Å². The second kappa shape index (κ2) is 8.95. The lowest BCUT2D eigenvalue weighted by molar-refractivity contribution is -0.148. The Morgan fingerprint density at radius 3 is 2.32 bits per heavy atom. The molecule has 2 unspecified atom stereocenters. The van der Waals surface area contributed by atoms with Gasteiger partial charge in [-0.05, 0) is 67.3 Å². The maximum atomic E-state index is 14.1. The van der Waals surface area contributed by atoms with Gasteiger partial charge in [0.25, 0.3) is 0 Å². The van der Waals surface area contributed by atoms with E-state index in [1.807, 2.05) is 34.6 Å². The molecule has 0 aromatic rings. The number of carboxylic acid groups (broad SMARTS) is 1. The van der Waals surface area contributed by atoms with Gasteiger partial charge in [-0.25, -0.2) is 0 Å². The molecule has 2 fully saturated rings. The Hall–Kier alpha value is -1.61. The van der Waals surface area contributed by atoms with Crippen molar-refractivity contribution >= 4 is 17.5 Å². The zero-order valence-electron chi connectivity index (χ0n) is 23.9. The lowest BCUT2D eigenvalue weighted by atomic mass is 9.42. The number of aliphatic hydroxyl groups is 4. The van der Waals surface area contributed by atoms with Gasteiger partial charge in [0.15, 0.2) is 5.78 Å². The quantitative estimate of drug-likeness (QED) is 0.349. The molecule has 0 aromatic carbocycles. The minimum absolute atomic E-state index is 0.00232. The number of Topliss-reactive ketones (excluding diaryl/α,β-unsaturated/α-hetero) is 2. The summed E-state index contributed by atoms with van der Waals surface area (Å²) in [6.45, 7) is 12.7. The Balaban J connectivity index is 1.78. The van der Waals surface area contributed by atoms with Crippen LogP contribution in [0.5, 0.6) is 0 Å². The number of fused-ring (bicyclic) bond motifs is 4. The van der Waals surface area contributed by atoms with Crippen molar-refractivity contribution in [2.24, 2.45) is 39.4 Å². The van der Waals surface area contributed by atoms with Crippen molar-refractivity contribution in [2.45, 2.75) is 117 Å². The van der Waals surface area contributed by atoms with Crippen LogP contribution in [-0.4, -0.2) is 67.0 Å². The van der Waals surface area contributed by atoms with Gasteiger partial charge in [-0.15, -0.1) is 0 Å². The molecule has 4 aliphatic rings. The number of ketones is 2. The smallest absolute Gasteiger partial charge is 0.306 e. The van der Waals surface area contributed by atoms with Crippen molar-refractivity contribution in [1.82, 2.24) is 0 Å². The number of allylic oxidation sites excluding steroid dienone is 1. The number of hydrogen-bond donors (Lipinski definition) is 5. The van der Waals surface area contributed by atoms with Crippen LogP contribution in [0.3, 0.4) is 0 Å². The molecular formula is C30H46O8. The number of aliphatic hydroxyl groups excluding tert-OH is 3. The molecule has 4 rings (SSSR count). The zero-order chi connectivity index (χ0) is 28.8. The first-order chi connectivity index (χ1) is 17.2. The monoisotopic (exact) mass is 534 g/mol. The van der Waals surface area contributed by atoms with E-state index >= 15 is 0 Å². The van der Waals surface area contributed by atoms with Gasteiger partial charge in [0.1, 0.15) is 5.78 Å². The highest BCUT2D eigenvalue weighted by molar-refractivity contribution is 6.05. The summed E-state index contributed by atoms with van der Waals surface area (Å²) in [6.07, 6.45) is -1.30. The van der Waals surface area contributed by atoms with E-state index in [4.69, 9.17) is 0 Å². The van der Waals surface area contributed by atoms with Crippen LogP contribution in [0.1, 0.15) is 93.4 Å². The molecule has 8 nitrogen and oxygen atoms in total. The Bertz CT molecular complexity index is 1070. The average Bonchev–Trinajstić information content (AvgIpc) is 2.99. The second-order valence-electron chi connectivity index (χ2n) is 14.4. The van der Waals surface area contributed by atoms with Crippen molar-refractivity contribution < 1.29 is 39.9 Å². The summed E-state index contributed by atoms with van der Waals surface area (Å²) < 4.78 is 0. The number of carbonyl (C=O) groups excluding carboxylic acids is 2. The molecule has 10 atom stereocenters. The summed E-state index contributed by atoms with van der Waals surface area (Å²) in [5.74, 6) is -2.87. The number of carbonyl (C=O) groups is 3. The van der Waals surface area contributed by atoms with Crippen molar-refractivity contribution in [3.05, 3.63) is 11.1 Å². The van der Waals surface area contributed by atoms with Crippen LogP contribution in [0.25, 0.3) is 0 Å². The van der Waals surface area contributed by atoms with Crippen LogP contribution >= 0.6 is 0 Å².